The summed E-state index contributed by atoms with van der Waals surface area (Å²) in [5.74, 6) is 0.685. The highest BCUT2D eigenvalue weighted by atomic mass is 16.5. The summed E-state index contributed by atoms with van der Waals surface area (Å²) < 4.78 is 7.50. The van der Waals surface area contributed by atoms with Crippen LogP contribution in [0.15, 0.2) is 12.3 Å². The third-order valence-electron chi connectivity index (χ3n) is 3.82. The fraction of sp³-hybridized carbons (Fsp3) is 0.786. The molecule has 0 amide bonds. The van der Waals surface area contributed by atoms with Gasteiger partial charge in [-0.2, -0.15) is 5.10 Å². The van der Waals surface area contributed by atoms with E-state index < -0.39 is 0 Å². The summed E-state index contributed by atoms with van der Waals surface area (Å²) in [5.41, 5.74) is 1.32. The minimum absolute atomic E-state index is 0.586. The van der Waals surface area contributed by atoms with Gasteiger partial charge < -0.3 is 10.1 Å². The van der Waals surface area contributed by atoms with E-state index in [0.29, 0.717) is 12.0 Å². The number of hydrogen-bond acceptors (Lipinski definition) is 3. The third kappa shape index (κ3) is 3.56. The molecule has 0 bridgehead atoms. The second-order valence-electron chi connectivity index (χ2n) is 5.17. The minimum atomic E-state index is 0.586. The van der Waals surface area contributed by atoms with E-state index in [9.17, 15) is 0 Å². The minimum Gasteiger partial charge on any atom is -0.381 e. The first-order valence-electron chi connectivity index (χ1n) is 7.09. The maximum Gasteiger partial charge on any atom is 0.0510 e. The number of aromatic nitrogens is 2. The molecule has 0 aliphatic carbocycles. The first kappa shape index (κ1) is 13.6. The Morgan fingerprint density at radius 2 is 2.50 bits per heavy atom. The Morgan fingerprint density at radius 3 is 3.11 bits per heavy atom. The molecule has 2 rings (SSSR count). The van der Waals surface area contributed by atoms with Gasteiger partial charge in [0.15, 0.2) is 0 Å². The Bertz CT molecular complexity index is 345. The van der Waals surface area contributed by atoms with Crippen LogP contribution in [0, 0.1) is 5.92 Å². The number of aryl methyl sites for hydroxylation is 2. The number of rotatable bonds is 7. The lowest BCUT2D eigenvalue weighted by Crippen LogP contribution is -2.37. The predicted molar refractivity (Wildman–Crippen MR) is 72.5 cm³/mol. The van der Waals surface area contributed by atoms with Gasteiger partial charge in [0.2, 0.25) is 0 Å². The molecule has 2 heterocycles. The summed E-state index contributed by atoms with van der Waals surface area (Å²) in [5, 5.41) is 7.91. The van der Waals surface area contributed by atoms with Crippen molar-refractivity contribution in [3.8, 4) is 0 Å². The van der Waals surface area contributed by atoms with Gasteiger partial charge in [-0.15, -0.1) is 0 Å². The van der Waals surface area contributed by atoms with Gasteiger partial charge in [0.25, 0.3) is 0 Å². The maximum absolute atomic E-state index is 5.52. The molecule has 0 aromatic carbocycles. The van der Waals surface area contributed by atoms with Gasteiger partial charge in [-0.05, 0) is 44.2 Å². The third-order valence-corrected chi connectivity index (χ3v) is 3.82. The highest BCUT2D eigenvalue weighted by molar-refractivity contribution is 5.00. The van der Waals surface area contributed by atoms with Crippen molar-refractivity contribution in [1.29, 1.82) is 0 Å². The average molecular weight is 251 g/mol. The van der Waals surface area contributed by atoms with E-state index in [1.165, 1.54) is 25.0 Å². The van der Waals surface area contributed by atoms with E-state index in [1.807, 2.05) is 17.9 Å². The standard InChI is InChI=1S/C14H25N3O/c1-3-8-15-14(12-7-10-18-11-12)5-4-13-6-9-16-17(13)2/h6,9,12,14-15H,3-5,7-8,10-11H2,1-2H3. The smallest absolute Gasteiger partial charge is 0.0510 e. The molecule has 18 heavy (non-hydrogen) atoms. The Balaban J connectivity index is 1.86. The lowest BCUT2D eigenvalue weighted by atomic mass is 9.94. The van der Waals surface area contributed by atoms with Crippen molar-refractivity contribution < 1.29 is 4.74 Å². The van der Waals surface area contributed by atoms with Crippen LogP contribution in [0.4, 0.5) is 0 Å². The Kier molecular flexibility index (Phi) is 5.20. The van der Waals surface area contributed by atoms with Crippen LogP contribution in [0.5, 0.6) is 0 Å². The molecule has 4 heteroatoms. The van der Waals surface area contributed by atoms with Crippen LogP contribution in [0.25, 0.3) is 0 Å². The molecule has 0 saturated carbocycles. The molecule has 1 aromatic rings. The van der Waals surface area contributed by atoms with Gasteiger partial charge in [-0.1, -0.05) is 6.92 Å². The summed E-state index contributed by atoms with van der Waals surface area (Å²) >= 11 is 0. The molecule has 102 valence electrons. The molecule has 1 fully saturated rings. The average Bonchev–Trinajstić information content (AvgIpc) is 3.01. The molecule has 2 unspecified atom stereocenters. The van der Waals surface area contributed by atoms with E-state index in [-0.39, 0.29) is 0 Å². The van der Waals surface area contributed by atoms with Gasteiger partial charge in [0, 0.05) is 31.6 Å². The van der Waals surface area contributed by atoms with Crippen molar-refractivity contribution >= 4 is 0 Å². The van der Waals surface area contributed by atoms with Crippen molar-refractivity contribution in [3.05, 3.63) is 18.0 Å². The second-order valence-corrected chi connectivity index (χ2v) is 5.17. The van der Waals surface area contributed by atoms with Gasteiger partial charge in [0.1, 0.15) is 0 Å². The number of hydrogen-bond donors (Lipinski definition) is 1. The number of nitrogens with one attached hydrogen (secondary N) is 1. The van der Waals surface area contributed by atoms with Crippen molar-refractivity contribution in [2.24, 2.45) is 13.0 Å². The second kappa shape index (κ2) is 6.90. The summed E-state index contributed by atoms with van der Waals surface area (Å²) in [6.07, 6.45) is 6.53. The summed E-state index contributed by atoms with van der Waals surface area (Å²) in [4.78, 5) is 0. The monoisotopic (exact) mass is 251 g/mol. The van der Waals surface area contributed by atoms with E-state index in [2.05, 4.69) is 23.4 Å². The zero-order valence-corrected chi connectivity index (χ0v) is 11.6. The van der Waals surface area contributed by atoms with Crippen molar-refractivity contribution in [3.63, 3.8) is 0 Å². The van der Waals surface area contributed by atoms with Gasteiger partial charge >= 0.3 is 0 Å². The first-order chi connectivity index (χ1) is 8.81. The Morgan fingerprint density at radius 1 is 1.61 bits per heavy atom. The highest BCUT2D eigenvalue weighted by Gasteiger charge is 2.25. The van der Waals surface area contributed by atoms with Crippen LogP contribution in [0.3, 0.4) is 0 Å². The SMILES string of the molecule is CCCNC(CCc1ccnn1C)C1CCOC1. The predicted octanol–water partition coefficient (Wildman–Crippen LogP) is 1.76. The van der Waals surface area contributed by atoms with Crippen LogP contribution < -0.4 is 5.32 Å². The topological polar surface area (TPSA) is 39.1 Å². The lowest BCUT2D eigenvalue weighted by Gasteiger charge is -2.23. The van der Waals surface area contributed by atoms with Crippen molar-refractivity contribution in [1.82, 2.24) is 15.1 Å². The largest absolute Gasteiger partial charge is 0.381 e. The molecular formula is C14H25N3O. The normalized spacial score (nSPS) is 21.3. The molecule has 2 atom stereocenters. The first-order valence-corrected chi connectivity index (χ1v) is 7.09. The molecule has 1 saturated heterocycles. The van der Waals surface area contributed by atoms with E-state index >= 15 is 0 Å². The molecule has 1 aliphatic heterocycles. The fourth-order valence-corrected chi connectivity index (χ4v) is 2.65. The lowest BCUT2D eigenvalue weighted by molar-refractivity contribution is 0.175. The van der Waals surface area contributed by atoms with Gasteiger partial charge in [0.05, 0.1) is 6.61 Å². The van der Waals surface area contributed by atoms with E-state index in [0.717, 1.165) is 26.2 Å². The van der Waals surface area contributed by atoms with Crippen LogP contribution in [-0.2, 0) is 18.2 Å². The van der Waals surface area contributed by atoms with E-state index in [1.54, 1.807) is 0 Å². The quantitative estimate of drug-likeness (QED) is 0.802. The Hall–Kier alpha value is -0.870. The van der Waals surface area contributed by atoms with Crippen LogP contribution in [0.1, 0.15) is 31.9 Å². The molecule has 4 nitrogen and oxygen atoms in total. The summed E-state index contributed by atoms with van der Waals surface area (Å²) in [6.45, 7) is 5.18. The maximum atomic E-state index is 5.52. The van der Waals surface area contributed by atoms with Crippen LogP contribution >= 0.6 is 0 Å². The van der Waals surface area contributed by atoms with Gasteiger partial charge in [-0.25, -0.2) is 0 Å². The van der Waals surface area contributed by atoms with Gasteiger partial charge in [-0.3, -0.25) is 4.68 Å². The summed E-state index contributed by atoms with van der Waals surface area (Å²) in [6, 6.07) is 2.70. The molecule has 0 spiro atoms. The van der Waals surface area contributed by atoms with Crippen molar-refractivity contribution in [2.75, 3.05) is 19.8 Å². The fourth-order valence-electron chi connectivity index (χ4n) is 2.65. The zero-order chi connectivity index (χ0) is 12.8. The van der Waals surface area contributed by atoms with Crippen LogP contribution in [-0.4, -0.2) is 35.6 Å². The molecule has 1 aliphatic rings. The zero-order valence-electron chi connectivity index (χ0n) is 11.6. The number of nitrogens with zero attached hydrogens (tertiary/aromatic N) is 2. The van der Waals surface area contributed by atoms with E-state index in [4.69, 9.17) is 4.74 Å². The Labute approximate surface area is 110 Å². The molecule has 0 radical (unpaired) electrons. The van der Waals surface area contributed by atoms with Crippen LogP contribution in [0.2, 0.25) is 0 Å². The molecular weight excluding hydrogens is 226 g/mol. The molecule has 1 aromatic heterocycles. The molecule has 1 N–H and O–H groups in total. The van der Waals surface area contributed by atoms with Crippen molar-refractivity contribution in [2.45, 2.75) is 38.6 Å². The summed E-state index contributed by atoms with van der Waals surface area (Å²) in [7, 11) is 2.02. The number of ether oxygens (including phenoxy) is 1. The highest BCUT2D eigenvalue weighted by Crippen LogP contribution is 2.20.